The van der Waals surface area contributed by atoms with E-state index >= 15 is 0 Å². The summed E-state index contributed by atoms with van der Waals surface area (Å²) in [6.07, 6.45) is 1.62. The van der Waals surface area contributed by atoms with E-state index in [9.17, 15) is 9.59 Å². The van der Waals surface area contributed by atoms with Crippen molar-refractivity contribution in [3.8, 4) is 5.75 Å². The van der Waals surface area contributed by atoms with Crippen LogP contribution in [0.1, 0.15) is 27.0 Å². The van der Waals surface area contributed by atoms with Gasteiger partial charge in [-0.1, -0.05) is 53.6 Å². The average Bonchev–Trinajstić information content (AvgIpc) is 2.73. The molecule has 0 saturated heterocycles. The van der Waals surface area contributed by atoms with Crippen LogP contribution in [0.15, 0.2) is 72.5 Å². The van der Waals surface area contributed by atoms with Crippen molar-refractivity contribution in [3.05, 3.63) is 99.8 Å². The Labute approximate surface area is 179 Å². The largest absolute Gasteiger partial charge is 0.449 e. The van der Waals surface area contributed by atoms with Gasteiger partial charge in [0.1, 0.15) is 0 Å². The molecular formula is C24H19ClN2O3. The zero-order chi connectivity index (χ0) is 21.1. The molecule has 0 fully saturated rings. The van der Waals surface area contributed by atoms with E-state index in [0.29, 0.717) is 28.6 Å². The first-order valence-corrected chi connectivity index (χ1v) is 9.80. The Morgan fingerprint density at radius 2 is 1.90 bits per heavy atom. The maximum Gasteiger partial charge on any atom is 0.291 e. The summed E-state index contributed by atoms with van der Waals surface area (Å²) in [4.78, 5) is 24.9. The van der Waals surface area contributed by atoms with Crippen LogP contribution in [-0.2, 0) is 11.3 Å². The molecule has 1 aliphatic heterocycles. The number of carbonyl (C=O) groups excluding carboxylic acids is 2. The Hall–Kier alpha value is -3.57. The number of hydrogen-bond acceptors (Lipinski definition) is 3. The lowest BCUT2D eigenvalue weighted by atomic mass is 10.1. The smallest absolute Gasteiger partial charge is 0.291 e. The van der Waals surface area contributed by atoms with Crippen molar-refractivity contribution in [1.29, 1.82) is 0 Å². The van der Waals surface area contributed by atoms with Crippen molar-refractivity contribution in [3.63, 3.8) is 0 Å². The zero-order valence-corrected chi connectivity index (χ0v) is 17.0. The first kappa shape index (κ1) is 19.7. The minimum atomic E-state index is -0.389. The van der Waals surface area contributed by atoms with Crippen LogP contribution in [0.2, 0.25) is 5.02 Å². The Morgan fingerprint density at radius 1 is 1.10 bits per heavy atom. The van der Waals surface area contributed by atoms with E-state index in [1.54, 1.807) is 42.5 Å². The van der Waals surface area contributed by atoms with Crippen LogP contribution in [0.5, 0.6) is 5.75 Å². The highest BCUT2D eigenvalue weighted by atomic mass is 35.5. The summed E-state index contributed by atoms with van der Waals surface area (Å²) in [5.74, 6) is 0.00637. The second kappa shape index (κ2) is 8.43. The van der Waals surface area contributed by atoms with Crippen LogP contribution < -0.4 is 15.4 Å². The Morgan fingerprint density at radius 3 is 2.67 bits per heavy atom. The second-order valence-electron chi connectivity index (χ2n) is 7.00. The van der Waals surface area contributed by atoms with Gasteiger partial charge in [0.25, 0.3) is 11.8 Å². The van der Waals surface area contributed by atoms with Gasteiger partial charge in [-0.15, -0.1) is 0 Å². The number of rotatable bonds is 4. The second-order valence-corrected chi connectivity index (χ2v) is 7.44. The van der Waals surface area contributed by atoms with E-state index in [1.165, 1.54) is 5.56 Å². The maximum absolute atomic E-state index is 12.5. The number of hydrogen-bond donors (Lipinski definition) is 2. The molecule has 0 radical (unpaired) electrons. The van der Waals surface area contributed by atoms with Gasteiger partial charge in [-0.05, 0) is 54.5 Å². The van der Waals surface area contributed by atoms with Crippen molar-refractivity contribution in [2.24, 2.45) is 0 Å². The van der Waals surface area contributed by atoms with Crippen molar-refractivity contribution in [1.82, 2.24) is 5.32 Å². The fourth-order valence-corrected chi connectivity index (χ4v) is 3.24. The summed E-state index contributed by atoms with van der Waals surface area (Å²) < 4.78 is 5.74. The predicted octanol–water partition coefficient (Wildman–Crippen LogP) is 4.95. The number of benzene rings is 3. The molecule has 0 spiro atoms. The van der Waals surface area contributed by atoms with Gasteiger partial charge in [-0.2, -0.15) is 0 Å². The lowest BCUT2D eigenvalue weighted by Gasteiger charge is -2.20. The molecular weight excluding hydrogens is 400 g/mol. The molecule has 0 bridgehead atoms. The normalized spacial score (nSPS) is 13.9. The average molecular weight is 419 g/mol. The quantitative estimate of drug-likeness (QED) is 0.589. The monoisotopic (exact) mass is 418 g/mol. The molecule has 3 aromatic carbocycles. The van der Waals surface area contributed by atoms with Crippen LogP contribution in [0.25, 0.3) is 6.08 Å². The third kappa shape index (κ3) is 4.53. The Balaban J connectivity index is 1.48. The summed E-state index contributed by atoms with van der Waals surface area (Å²) in [6.45, 7) is 2.44. The van der Waals surface area contributed by atoms with Gasteiger partial charge in [0.2, 0.25) is 0 Å². The molecule has 0 aromatic heterocycles. The summed E-state index contributed by atoms with van der Waals surface area (Å²) >= 11 is 5.99. The third-order valence-electron chi connectivity index (χ3n) is 4.65. The van der Waals surface area contributed by atoms with Crippen LogP contribution >= 0.6 is 11.6 Å². The number of carbonyl (C=O) groups is 2. The highest BCUT2D eigenvalue weighted by Gasteiger charge is 2.23. The molecule has 0 atom stereocenters. The lowest BCUT2D eigenvalue weighted by molar-refractivity contribution is -0.115. The summed E-state index contributed by atoms with van der Waals surface area (Å²) in [6, 6.07) is 20.0. The summed E-state index contributed by atoms with van der Waals surface area (Å²) in [7, 11) is 0. The molecule has 0 aliphatic carbocycles. The van der Waals surface area contributed by atoms with Gasteiger partial charge >= 0.3 is 0 Å². The summed E-state index contributed by atoms with van der Waals surface area (Å²) in [5.41, 5.74) is 3.82. The van der Waals surface area contributed by atoms with Crippen molar-refractivity contribution >= 4 is 35.2 Å². The molecule has 2 N–H and O–H groups in total. The zero-order valence-electron chi connectivity index (χ0n) is 16.2. The van der Waals surface area contributed by atoms with E-state index in [-0.39, 0.29) is 17.6 Å². The SMILES string of the molecule is Cc1ccc(CNC(=O)c2ccc3c(c2)NC(=O)/C(=C/c2cccc(Cl)c2)O3)cc1. The van der Waals surface area contributed by atoms with Gasteiger partial charge < -0.3 is 15.4 Å². The van der Waals surface area contributed by atoms with Crippen LogP contribution in [-0.4, -0.2) is 11.8 Å². The van der Waals surface area contributed by atoms with Gasteiger partial charge in [0, 0.05) is 17.1 Å². The number of fused-ring (bicyclic) bond motifs is 1. The van der Waals surface area contributed by atoms with Crippen LogP contribution in [0.4, 0.5) is 5.69 Å². The number of nitrogens with one attached hydrogen (secondary N) is 2. The molecule has 1 aliphatic rings. The highest BCUT2D eigenvalue weighted by molar-refractivity contribution is 6.30. The third-order valence-corrected chi connectivity index (χ3v) is 4.89. The predicted molar refractivity (Wildman–Crippen MR) is 117 cm³/mol. The van der Waals surface area contributed by atoms with Crippen molar-refractivity contribution < 1.29 is 14.3 Å². The number of amides is 2. The molecule has 150 valence electrons. The molecule has 4 rings (SSSR count). The molecule has 5 nitrogen and oxygen atoms in total. The fourth-order valence-electron chi connectivity index (χ4n) is 3.04. The molecule has 0 unspecified atom stereocenters. The number of anilines is 1. The van der Waals surface area contributed by atoms with E-state index in [2.05, 4.69) is 10.6 Å². The Kier molecular flexibility index (Phi) is 5.55. The minimum absolute atomic E-state index is 0.154. The van der Waals surface area contributed by atoms with E-state index in [1.807, 2.05) is 37.3 Å². The standard InChI is InChI=1S/C24H19ClN2O3/c1-15-5-7-16(8-6-15)14-26-23(28)18-9-10-21-20(13-18)27-24(29)22(30-21)12-17-3-2-4-19(25)11-17/h2-13H,14H2,1H3,(H,26,28)(H,27,29)/b22-12-. The van der Waals surface area contributed by atoms with E-state index in [4.69, 9.17) is 16.3 Å². The highest BCUT2D eigenvalue weighted by Crippen LogP contribution is 2.32. The fraction of sp³-hybridized carbons (Fsp3) is 0.0833. The number of halogens is 1. The molecule has 2 amide bonds. The number of aryl methyl sites for hydroxylation is 1. The first-order valence-electron chi connectivity index (χ1n) is 9.42. The number of ether oxygens (including phenoxy) is 1. The topological polar surface area (TPSA) is 67.4 Å². The van der Waals surface area contributed by atoms with Crippen LogP contribution in [0, 0.1) is 6.92 Å². The Bertz CT molecular complexity index is 1150. The van der Waals surface area contributed by atoms with Gasteiger partial charge in [-0.25, -0.2) is 0 Å². The van der Waals surface area contributed by atoms with Crippen LogP contribution in [0.3, 0.4) is 0 Å². The molecule has 30 heavy (non-hydrogen) atoms. The summed E-state index contributed by atoms with van der Waals surface area (Å²) in [5, 5.41) is 6.23. The molecule has 3 aromatic rings. The van der Waals surface area contributed by atoms with Crippen molar-refractivity contribution in [2.45, 2.75) is 13.5 Å². The molecule has 0 saturated carbocycles. The van der Waals surface area contributed by atoms with E-state index in [0.717, 1.165) is 11.1 Å². The lowest BCUT2D eigenvalue weighted by Crippen LogP contribution is -2.25. The van der Waals surface area contributed by atoms with Crippen molar-refractivity contribution in [2.75, 3.05) is 5.32 Å². The first-order chi connectivity index (χ1) is 14.5. The van der Waals surface area contributed by atoms with E-state index < -0.39 is 0 Å². The molecule has 1 heterocycles. The van der Waals surface area contributed by atoms with Gasteiger partial charge in [0.15, 0.2) is 11.5 Å². The molecule has 6 heteroatoms. The maximum atomic E-state index is 12.5. The minimum Gasteiger partial charge on any atom is -0.449 e. The van der Waals surface area contributed by atoms with Gasteiger partial charge in [0.05, 0.1) is 5.69 Å². The van der Waals surface area contributed by atoms with Gasteiger partial charge in [-0.3, -0.25) is 9.59 Å².